The number of carbonyl (C=O) groups excluding carboxylic acids is 1. The van der Waals surface area contributed by atoms with Crippen molar-refractivity contribution in [2.24, 2.45) is 0 Å². The topological polar surface area (TPSA) is 129 Å². The Morgan fingerprint density at radius 2 is 1.96 bits per heavy atom. The molecule has 0 bridgehead atoms. The number of nitrogens with one attached hydrogen (secondary N) is 1. The van der Waals surface area contributed by atoms with E-state index in [9.17, 15) is 19.8 Å². The van der Waals surface area contributed by atoms with E-state index in [2.05, 4.69) is 10.3 Å². The molecule has 0 aliphatic carbocycles. The van der Waals surface area contributed by atoms with E-state index in [1.807, 2.05) is 18.2 Å². The van der Waals surface area contributed by atoms with Gasteiger partial charge in [0.15, 0.2) is 0 Å². The number of aliphatic hydroxyl groups is 2. The van der Waals surface area contributed by atoms with Crippen molar-refractivity contribution in [2.75, 3.05) is 6.54 Å². The Morgan fingerprint density at radius 3 is 2.56 bits per heavy atom. The number of carbonyl (C=O) groups is 2. The van der Waals surface area contributed by atoms with Gasteiger partial charge in [-0.2, -0.15) is 0 Å². The third-order valence-electron chi connectivity index (χ3n) is 3.29. The van der Waals surface area contributed by atoms with Crippen LogP contribution in [0.3, 0.4) is 0 Å². The smallest absolute Gasteiger partial charge is 0.407 e. The van der Waals surface area contributed by atoms with Gasteiger partial charge in [0.2, 0.25) is 0 Å². The number of thiazole rings is 1. The zero-order chi connectivity index (χ0) is 18.4. The standard InChI is InChI=1S/C16H18N2O6S/c1-9-13(15(21)22)25-14(18-9)12(20)11(19)7-17-16(23)24-8-10-5-3-2-4-6-10/h2-6,11-12,19-20H,7-8H2,1H3,(H,17,23)(H,21,22). The minimum Gasteiger partial charge on any atom is -0.477 e. The summed E-state index contributed by atoms with van der Waals surface area (Å²) >= 11 is 0.781. The van der Waals surface area contributed by atoms with Crippen LogP contribution in [0.4, 0.5) is 4.79 Å². The van der Waals surface area contributed by atoms with Crippen molar-refractivity contribution in [2.45, 2.75) is 25.7 Å². The number of aromatic carboxylic acids is 1. The molecule has 134 valence electrons. The first-order valence-corrected chi connectivity index (χ1v) is 8.21. The Balaban J connectivity index is 1.82. The number of carboxylic acids is 1. The van der Waals surface area contributed by atoms with Crippen molar-refractivity contribution in [1.29, 1.82) is 0 Å². The Morgan fingerprint density at radius 1 is 1.28 bits per heavy atom. The number of aryl methyl sites for hydroxylation is 1. The lowest BCUT2D eigenvalue weighted by molar-refractivity contribution is 0.0182. The molecule has 2 aromatic rings. The molecular weight excluding hydrogens is 348 g/mol. The summed E-state index contributed by atoms with van der Waals surface area (Å²) in [5.41, 5.74) is 1.08. The van der Waals surface area contributed by atoms with E-state index < -0.39 is 24.3 Å². The number of rotatable bonds is 7. The summed E-state index contributed by atoms with van der Waals surface area (Å²) in [4.78, 5) is 26.5. The fourth-order valence-corrected chi connectivity index (χ4v) is 2.93. The van der Waals surface area contributed by atoms with Crippen LogP contribution in [0.15, 0.2) is 30.3 Å². The number of aliphatic hydroxyl groups excluding tert-OH is 2. The Kier molecular flexibility index (Phi) is 6.45. The quantitative estimate of drug-likeness (QED) is 0.584. The average Bonchev–Trinajstić information content (AvgIpc) is 3.00. The molecule has 1 heterocycles. The van der Waals surface area contributed by atoms with Crippen LogP contribution in [0, 0.1) is 6.92 Å². The third kappa shape index (κ3) is 5.24. The van der Waals surface area contributed by atoms with Gasteiger partial charge in [0.1, 0.15) is 28.7 Å². The van der Waals surface area contributed by atoms with Crippen molar-refractivity contribution < 1.29 is 29.6 Å². The zero-order valence-corrected chi connectivity index (χ0v) is 14.2. The molecule has 2 atom stereocenters. The molecule has 1 aromatic carbocycles. The lowest BCUT2D eigenvalue weighted by atomic mass is 10.2. The van der Waals surface area contributed by atoms with E-state index in [1.165, 1.54) is 6.92 Å². The number of amides is 1. The SMILES string of the molecule is Cc1nc(C(O)C(O)CNC(=O)OCc2ccccc2)sc1C(=O)O. The van der Waals surface area contributed by atoms with Crippen LogP contribution < -0.4 is 5.32 Å². The molecule has 1 aromatic heterocycles. The van der Waals surface area contributed by atoms with Gasteiger partial charge in [0.25, 0.3) is 0 Å². The van der Waals surface area contributed by atoms with Crippen LogP contribution in [0.1, 0.15) is 32.0 Å². The predicted octanol–water partition coefficient (Wildman–Crippen LogP) is 1.47. The van der Waals surface area contributed by atoms with Crippen LogP contribution >= 0.6 is 11.3 Å². The maximum atomic E-state index is 11.6. The van der Waals surface area contributed by atoms with E-state index >= 15 is 0 Å². The van der Waals surface area contributed by atoms with Crippen LogP contribution in [-0.2, 0) is 11.3 Å². The van der Waals surface area contributed by atoms with Crippen LogP contribution in [0.2, 0.25) is 0 Å². The van der Waals surface area contributed by atoms with Crippen molar-refractivity contribution >= 4 is 23.4 Å². The molecular formula is C16H18N2O6S. The van der Waals surface area contributed by atoms with Gasteiger partial charge < -0.3 is 25.4 Å². The van der Waals surface area contributed by atoms with Gasteiger partial charge in [-0.3, -0.25) is 0 Å². The average molecular weight is 366 g/mol. The lowest BCUT2D eigenvalue weighted by Gasteiger charge is -2.16. The second-order valence-corrected chi connectivity index (χ2v) is 6.26. The number of carboxylic acid groups (broad SMARTS) is 1. The minimum absolute atomic E-state index is 0.00326. The highest BCUT2D eigenvalue weighted by molar-refractivity contribution is 7.13. The second kappa shape index (κ2) is 8.56. The van der Waals surface area contributed by atoms with E-state index in [-0.39, 0.29) is 28.7 Å². The molecule has 2 rings (SSSR count). The van der Waals surface area contributed by atoms with Gasteiger partial charge in [-0.1, -0.05) is 30.3 Å². The molecule has 1 amide bonds. The number of aromatic nitrogens is 1. The summed E-state index contributed by atoms with van der Waals surface area (Å²) in [6.45, 7) is 1.32. The summed E-state index contributed by atoms with van der Waals surface area (Å²) in [6.07, 6.45) is -3.50. The molecule has 0 saturated heterocycles. The molecule has 4 N–H and O–H groups in total. The maximum absolute atomic E-state index is 11.6. The minimum atomic E-state index is -1.41. The molecule has 0 spiro atoms. The number of nitrogens with zero attached hydrogens (tertiary/aromatic N) is 1. The number of ether oxygens (including phenoxy) is 1. The van der Waals surface area contributed by atoms with Crippen molar-refractivity contribution in [3.8, 4) is 0 Å². The molecule has 25 heavy (non-hydrogen) atoms. The summed E-state index contributed by atoms with van der Waals surface area (Å²) in [6, 6.07) is 9.08. The second-order valence-electron chi connectivity index (χ2n) is 5.23. The summed E-state index contributed by atoms with van der Waals surface area (Å²) in [5, 5.41) is 31.4. The van der Waals surface area contributed by atoms with Crippen molar-refractivity contribution in [1.82, 2.24) is 10.3 Å². The first-order valence-electron chi connectivity index (χ1n) is 7.39. The van der Waals surface area contributed by atoms with E-state index in [0.717, 1.165) is 16.9 Å². The zero-order valence-electron chi connectivity index (χ0n) is 13.4. The molecule has 8 nitrogen and oxygen atoms in total. The molecule has 2 unspecified atom stereocenters. The maximum Gasteiger partial charge on any atom is 0.407 e. The molecule has 0 aliphatic heterocycles. The number of hydrogen-bond donors (Lipinski definition) is 4. The fourth-order valence-electron chi connectivity index (χ4n) is 1.98. The van der Waals surface area contributed by atoms with Gasteiger partial charge in [-0.15, -0.1) is 11.3 Å². The predicted molar refractivity (Wildman–Crippen MR) is 89.4 cm³/mol. The van der Waals surface area contributed by atoms with Gasteiger partial charge >= 0.3 is 12.1 Å². The first-order chi connectivity index (χ1) is 11.9. The van der Waals surface area contributed by atoms with Gasteiger partial charge in [0.05, 0.1) is 5.69 Å². The lowest BCUT2D eigenvalue weighted by Crippen LogP contribution is -2.35. The molecule has 0 radical (unpaired) electrons. The monoisotopic (exact) mass is 366 g/mol. The third-order valence-corrected chi connectivity index (χ3v) is 4.51. The Hall–Kier alpha value is -2.49. The number of hydrogen-bond acceptors (Lipinski definition) is 7. The van der Waals surface area contributed by atoms with E-state index in [4.69, 9.17) is 9.84 Å². The molecule has 0 fully saturated rings. The normalized spacial score (nSPS) is 13.1. The highest BCUT2D eigenvalue weighted by Gasteiger charge is 2.25. The first kappa shape index (κ1) is 18.8. The molecule has 0 aliphatic rings. The van der Waals surface area contributed by atoms with Crippen molar-refractivity contribution in [3.63, 3.8) is 0 Å². The number of benzene rings is 1. The number of alkyl carbamates (subject to hydrolysis) is 1. The van der Waals surface area contributed by atoms with Crippen molar-refractivity contribution in [3.05, 3.63) is 51.5 Å². The van der Waals surface area contributed by atoms with E-state index in [0.29, 0.717) is 0 Å². The molecule has 0 saturated carbocycles. The fraction of sp³-hybridized carbons (Fsp3) is 0.312. The highest BCUT2D eigenvalue weighted by Crippen LogP contribution is 2.25. The summed E-state index contributed by atoms with van der Waals surface area (Å²) in [5.74, 6) is -1.15. The van der Waals surface area contributed by atoms with Crippen LogP contribution in [0.5, 0.6) is 0 Å². The highest BCUT2D eigenvalue weighted by atomic mass is 32.1. The summed E-state index contributed by atoms with van der Waals surface area (Å²) < 4.78 is 4.99. The van der Waals surface area contributed by atoms with Gasteiger partial charge in [0, 0.05) is 6.54 Å². The van der Waals surface area contributed by atoms with Crippen LogP contribution in [-0.4, -0.2) is 45.0 Å². The Labute approximate surface area is 147 Å². The summed E-state index contributed by atoms with van der Waals surface area (Å²) in [7, 11) is 0. The van der Waals surface area contributed by atoms with Gasteiger partial charge in [-0.25, -0.2) is 14.6 Å². The Bertz CT molecular complexity index is 733. The van der Waals surface area contributed by atoms with Crippen LogP contribution in [0.25, 0.3) is 0 Å². The van der Waals surface area contributed by atoms with E-state index in [1.54, 1.807) is 12.1 Å². The molecule has 9 heteroatoms. The largest absolute Gasteiger partial charge is 0.477 e. The van der Waals surface area contributed by atoms with Gasteiger partial charge in [-0.05, 0) is 12.5 Å².